The number of benzene rings is 2. The fourth-order valence-corrected chi connectivity index (χ4v) is 3.71. The predicted molar refractivity (Wildman–Crippen MR) is 98.6 cm³/mol. The van der Waals surface area contributed by atoms with Gasteiger partial charge in [-0.25, -0.2) is 0 Å². The molecule has 1 aliphatic heterocycles. The molecule has 5 heteroatoms. The first-order chi connectivity index (χ1) is 12.2. The Kier molecular flexibility index (Phi) is 4.06. The van der Waals surface area contributed by atoms with Gasteiger partial charge >= 0.3 is 0 Å². The van der Waals surface area contributed by atoms with Gasteiger partial charge in [0.2, 0.25) is 0 Å². The lowest BCUT2D eigenvalue weighted by molar-refractivity contribution is 0.0744. The summed E-state index contributed by atoms with van der Waals surface area (Å²) in [5.41, 5.74) is 4.35. The first-order valence-electron chi connectivity index (χ1n) is 8.40. The third kappa shape index (κ3) is 2.63. The van der Waals surface area contributed by atoms with Gasteiger partial charge in [-0.3, -0.25) is 9.89 Å². The zero-order valence-corrected chi connectivity index (χ0v) is 14.6. The minimum absolute atomic E-state index is 0.00323. The quantitative estimate of drug-likeness (QED) is 0.741. The van der Waals surface area contributed by atoms with Crippen LogP contribution in [0.1, 0.15) is 41.0 Å². The zero-order valence-electron chi connectivity index (χ0n) is 13.9. The van der Waals surface area contributed by atoms with Crippen molar-refractivity contribution in [3.8, 4) is 11.3 Å². The molecule has 0 saturated heterocycles. The molecule has 2 aromatic carbocycles. The number of aromatic amines is 1. The van der Waals surface area contributed by atoms with Crippen LogP contribution in [-0.2, 0) is 0 Å². The first kappa shape index (κ1) is 15.9. The highest BCUT2D eigenvalue weighted by Crippen LogP contribution is 2.43. The van der Waals surface area contributed by atoms with Crippen molar-refractivity contribution in [3.63, 3.8) is 0 Å². The van der Waals surface area contributed by atoms with Crippen LogP contribution in [-0.4, -0.2) is 27.5 Å². The summed E-state index contributed by atoms with van der Waals surface area (Å²) in [6.45, 7) is 2.76. The topological polar surface area (TPSA) is 49.0 Å². The number of hydrogen-bond donors (Lipinski definition) is 1. The SMILES string of the molecule is CCCN1C(=O)c2[nH]nc(-c3ccccc3)c2C1c1cccc(Cl)c1. The molecule has 1 amide bonds. The number of fused-ring (bicyclic) bond motifs is 1. The molecule has 0 spiro atoms. The monoisotopic (exact) mass is 351 g/mol. The van der Waals surface area contributed by atoms with Gasteiger partial charge in [-0.05, 0) is 24.1 Å². The Morgan fingerprint density at radius 3 is 2.68 bits per heavy atom. The summed E-state index contributed by atoms with van der Waals surface area (Å²) in [4.78, 5) is 14.8. The van der Waals surface area contributed by atoms with Gasteiger partial charge in [-0.15, -0.1) is 0 Å². The van der Waals surface area contributed by atoms with Crippen LogP contribution in [0, 0.1) is 0 Å². The van der Waals surface area contributed by atoms with Crippen LogP contribution in [0.25, 0.3) is 11.3 Å². The first-order valence-corrected chi connectivity index (χ1v) is 8.78. The van der Waals surface area contributed by atoms with E-state index in [1.807, 2.05) is 59.5 Å². The Morgan fingerprint density at radius 2 is 1.96 bits per heavy atom. The molecule has 0 aliphatic carbocycles. The van der Waals surface area contributed by atoms with Crippen LogP contribution in [0.3, 0.4) is 0 Å². The van der Waals surface area contributed by atoms with Crippen molar-refractivity contribution in [1.82, 2.24) is 15.1 Å². The molecule has 1 N–H and O–H groups in total. The van der Waals surface area contributed by atoms with Crippen molar-refractivity contribution < 1.29 is 4.79 Å². The van der Waals surface area contributed by atoms with E-state index in [4.69, 9.17) is 11.6 Å². The molecule has 4 nitrogen and oxygen atoms in total. The lowest BCUT2D eigenvalue weighted by atomic mass is 9.96. The second-order valence-corrected chi connectivity index (χ2v) is 6.62. The largest absolute Gasteiger partial charge is 0.326 e. The van der Waals surface area contributed by atoms with Crippen LogP contribution in [0.15, 0.2) is 54.6 Å². The van der Waals surface area contributed by atoms with E-state index in [2.05, 4.69) is 17.1 Å². The van der Waals surface area contributed by atoms with Gasteiger partial charge in [-0.1, -0.05) is 61.0 Å². The second kappa shape index (κ2) is 6.37. The van der Waals surface area contributed by atoms with Gasteiger partial charge in [0.25, 0.3) is 5.91 Å². The molecule has 1 unspecified atom stereocenters. The Bertz CT molecular complexity index is 920. The van der Waals surface area contributed by atoms with Crippen LogP contribution in [0.4, 0.5) is 0 Å². The molecule has 0 radical (unpaired) electrons. The molecule has 0 bridgehead atoms. The van der Waals surface area contributed by atoms with Gasteiger partial charge in [0.15, 0.2) is 0 Å². The Hall–Kier alpha value is -2.59. The third-order valence-electron chi connectivity index (χ3n) is 4.54. The fourth-order valence-electron chi connectivity index (χ4n) is 3.51. The van der Waals surface area contributed by atoms with Crippen molar-refractivity contribution in [2.45, 2.75) is 19.4 Å². The number of carbonyl (C=O) groups excluding carboxylic acids is 1. The molecule has 4 rings (SSSR count). The van der Waals surface area contributed by atoms with Crippen LogP contribution < -0.4 is 0 Å². The van der Waals surface area contributed by atoms with Gasteiger partial charge in [0.1, 0.15) is 5.69 Å². The van der Waals surface area contributed by atoms with E-state index in [0.29, 0.717) is 17.3 Å². The summed E-state index contributed by atoms with van der Waals surface area (Å²) in [5.74, 6) is -0.00323. The van der Waals surface area contributed by atoms with Gasteiger partial charge in [0, 0.05) is 22.7 Å². The molecule has 3 aromatic rings. The minimum atomic E-state index is -0.171. The Morgan fingerprint density at radius 1 is 1.16 bits per heavy atom. The number of H-pyrrole nitrogens is 1. The number of halogens is 1. The number of amides is 1. The van der Waals surface area contributed by atoms with Gasteiger partial charge < -0.3 is 4.90 Å². The normalized spacial score (nSPS) is 16.3. The maximum absolute atomic E-state index is 12.9. The van der Waals surface area contributed by atoms with Crippen molar-refractivity contribution in [1.29, 1.82) is 0 Å². The maximum Gasteiger partial charge on any atom is 0.273 e. The highest BCUT2D eigenvalue weighted by Gasteiger charge is 2.41. The average Bonchev–Trinajstić information content (AvgIpc) is 3.16. The molecule has 0 saturated carbocycles. The molecule has 126 valence electrons. The number of nitrogens with one attached hydrogen (secondary N) is 1. The molecule has 0 fully saturated rings. The summed E-state index contributed by atoms with van der Waals surface area (Å²) in [6.07, 6.45) is 0.890. The second-order valence-electron chi connectivity index (χ2n) is 6.18. The van der Waals surface area contributed by atoms with E-state index < -0.39 is 0 Å². The van der Waals surface area contributed by atoms with Crippen LogP contribution >= 0.6 is 11.6 Å². The van der Waals surface area contributed by atoms with E-state index >= 15 is 0 Å². The molecule has 1 aliphatic rings. The summed E-state index contributed by atoms with van der Waals surface area (Å²) in [7, 11) is 0. The summed E-state index contributed by atoms with van der Waals surface area (Å²) < 4.78 is 0. The lowest BCUT2D eigenvalue weighted by Crippen LogP contribution is -2.30. The summed E-state index contributed by atoms with van der Waals surface area (Å²) in [5, 5.41) is 8.08. The zero-order chi connectivity index (χ0) is 17.4. The highest BCUT2D eigenvalue weighted by molar-refractivity contribution is 6.30. The van der Waals surface area contributed by atoms with E-state index in [1.54, 1.807) is 0 Å². The number of carbonyl (C=O) groups is 1. The van der Waals surface area contributed by atoms with Crippen molar-refractivity contribution >= 4 is 17.5 Å². The van der Waals surface area contributed by atoms with E-state index in [9.17, 15) is 4.79 Å². The number of hydrogen-bond acceptors (Lipinski definition) is 2. The van der Waals surface area contributed by atoms with Gasteiger partial charge in [-0.2, -0.15) is 5.10 Å². The van der Waals surface area contributed by atoms with Crippen LogP contribution in [0.5, 0.6) is 0 Å². The fraction of sp³-hybridized carbons (Fsp3) is 0.200. The molecule has 1 atom stereocenters. The number of rotatable bonds is 4. The van der Waals surface area contributed by atoms with Gasteiger partial charge in [0.05, 0.1) is 11.7 Å². The summed E-state index contributed by atoms with van der Waals surface area (Å²) >= 11 is 6.22. The molecule has 2 heterocycles. The average molecular weight is 352 g/mol. The van der Waals surface area contributed by atoms with E-state index in [1.165, 1.54) is 0 Å². The number of aromatic nitrogens is 2. The Labute approximate surface area is 151 Å². The third-order valence-corrected chi connectivity index (χ3v) is 4.78. The smallest absolute Gasteiger partial charge is 0.273 e. The van der Waals surface area contributed by atoms with Crippen molar-refractivity contribution in [3.05, 3.63) is 76.4 Å². The summed E-state index contributed by atoms with van der Waals surface area (Å²) in [6, 6.07) is 17.5. The molecule has 1 aromatic heterocycles. The minimum Gasteiger partial charge on any atom is -0.326 e. The molecular formula is C20H18ClN3O. The lowest BCUT2D eigenvalue weighted by Gasteiger charge is -2.26. The van der Waals surface area contributed by atoms with E-state index in [0.717, 1.165) is 28.8 Å². The molecular weight excluding hydrogens is 334 g/mol. The highest BCUT2D eigenvalue weighted by atomic mass is 35.5. The predicted octanol–water partition coefficient (Wildman–Crippen LogP) is 4.69. The Balaban J connectivity index is 1.91. The maximum atomic E-state index is 12.9. The molecule has 25 heavy (non-hydrogen) atoms. The standard InChI is InChI=1S/C20H18ClN3O/c1-2-11-24-19(14-9-6-10-15(21)12-14)16-17(13-7-4-3-5-8-13)22-23-18(16)20(24)25/h3-10,12,19H,2,11H2,1H3,(H,22,23). The van der Waals surface area contributed by atoms with Crippen molar-refractivity contribution in [2.75, 3.05) is 6.54 Å². The van der Waals surface area contributed by atoms with Crippen molar-refractivity contribution in [2.24, 2.45) is 0 Å². The van der Waals surface area contributed by atoms with E-state index in [-0.39, 0.29) is 11.9 Å². The number of nitrogens with zero attached hydrogens (tertiary/aromatic N) is 2. The van der Waals surface area contributed by atoms with Crippen LogP contribution in [0.2, 0.25) is 5.02 Å².